The van der Waals surface area contributed by atoms with Crippen molar-refractivity contribution in [2.75, 3.05) is 31.1 Å². The number of hydrogen-bond acceptors (Lipinski definition) is 3. The number of rotatable bonds is 3. The minimum atomic E-state index is -4.38. The molecule has 7 heteroatoms. The zero-order valence-electron chi connectivity index (χ0n) is 20.2. The maximum atomic E-state index is 14.0. The topological polar surface area (TPSA) is 36.4 Å². The predicted molar refractivity (Wildman–Crippen MR) is 128 cm³/mol. The minimum Gasteiger partial charge on any atom is -0.353 e. The Morgan fingerprint density at radius 3 is 2.17 bits per heavy atom. The van der Waals surface area contributed by atoms with Gasteiger partial charge in [0.05, 0.1) is 11.0 Å². The molecule has 1 aliphatic heterocycles. The van der Waals surface area contributed by atoms with Gasteiger partial charge in [-0.25, -0.2) is 4.98 Å². The Kier molecular flexibility index (Phi) is 5.21. The van der Waals surface area contributed by atoms with E-state index in [-0.39, 0.29) is 10.8 Å². The fourth-order valence-corrected chi connectivity index (χ4v) is 7.97. The lowest BCUT2D eigenvalue weighted by Crippen LogP contribution is -2.61. The van der Waals surface area contributed by atoms with Crippen LogP contribution in [-0.4, -0.2) is 42.0 Å². The summed E-state index contributed by atoms with van der Waals surface area (Å²) in [6.07, 6.45) is 3.15. The Bertz CT molecular complexity index is 1090. The predicted octanol–water partition coefficient (Wildman–Crippen LogP) is 5.60. The third-order valence-corrected chi connectivity index (χ3v) is 9.14. The van der Waals surface area contributed by atoms with Crippen LogP contribution < -0.4 is 4.90 Å². The second kappa shape index (κ2) is 7.97. The van der Waals surface area contributed by atoms with E-state index in [0.717, 1.165) is 31.5 Å². The van der Waals surface area contributed by atoms with Crippen molar-refractivity contribution in [1.82, 2.24) is 9.88 Å². The van der Waals surface area contributed by atoms with E-state index in [0.29, 0.717) is 49.7 Å². The van der Waals surface area contributed by atoms with Crippen LogP contribution in [0.5, 0.6) is 0 Å². The highest BCUT2D eigenvalue weighted by Gasteiger charge is 2.61. The Hall–Kier alpha value is -2.57. The summed E-state index contributed by atoms with van der Waals surface area (Å²) < 4.78 is 38.6. The van der Waals surface area contributed by atoms with Gasteiger partial charge in [0, 0.05) is 32.4 Å². The molecular formula is C28H32F3N3O. The van der Waals surface area contributed by atoms with Crippen molar-refractivity contribution < 1.29 is 18.0 Å². The van der Waals surface area contributed by atoms with E-state index in [1.807, 2.05) is 9.80 Å². The Morgan fingerprint density at radius 1 is 0.943 bits per heavy atom. The number of hydrogen-bond donors (Lipinski definition) is 0. The molecule has 2 aromatic rings. The molecule has 7 rings (SSSR count). The molecule has 2 heterocycles. The molecule has 5 fully saturated rings. The van der Waals surface area contributed by atoms with Gasteiger partial charge in [-0.2, -0.15) is 13.2 Å². The maximum absolute atomic E-state index is 14.0. The normalized spacial score (nSPS) is 32.2. The standard InChI is InChI=1S/C28H32F3N3O/c1-19-2-4-22(5-3-19)26-13-20-12-21(14-26)16-27(15-20,18-26)25(35)34-10-8-33(9-11-34)24-7-6-23(17-32-24)28(29,30)31/h2-7,17,20-21H,8-16,18H2,1H3. The molecular weight excluding hydrogens is 451 g/mol. The van der Waals surface area contributed by atoms with Crippen molar-refractivity contribution in [2.45, 2.75) is 57.0 Å². The molecule has 0 N–H and O–H groups in total. The van der Waals surface area contributed by atoms with E-state index >= 15 is 0 Å². The van der Waals surface area contributed by atoms with Crippen LogP contribution in [0.1, 0.15) is 55.2 Å². The Morgan fingerprint density at radius 2 is 1.60 bits per heavy atom. The minimum absolute atomic E-state index is 0.124. The summed E-state index contributed by atoms with van der Waals surface area (Å²) in [6.45, 7) is 4.49. The smallest absolute Gasteiger partial charge is 0.353 e. The molecule has 1 saturated heterocycles. The van der Waals surface area contributed by atoms with Crippen LogP contribution in [0.25, 0.3) is 0 Å². The van der Waals surface area contributed by atoms with E-state index < -0.39 is 11.7 Å². The van der Waals surface area contributed by atoms with Crippen LogP contribution in [0.2, 0.25) is 0 Å². The van der Waals surface area contributed by atoms with Crippen molar-refractivity contribution in [3.05, 3.63) is 59.3 Å². The van der Waals surface area contributed by atoms with Crippen molar-refractivity contribution in [3.63, 3.8) is 0 Å². The van der Waals surface area contributed by atoms with Crippen molar-refractivity contribution in [3.8, 4) is 0 Å². The first kappa shape index (κ1) is 22.9. The van der Waals surface area contributed by atoms with Gasteiger partial charge in [-0.05, 0) is 80.4 Å². The molecule has 4 nitrogen and oxygen atoms in total. The van der Waals surface area contributed by atoms with Crippen molar-refractivity contribution >= 4 is 11.7 Å². The van der Waals surface area contributed by atoms with Crippen LogP contribution in [0, 0.1) is 24.2 Å². The number of halogens is 3. The van der Waals surface area contributed by atoms with Crippen molar-refractivity contribution in [2.24, 2.45) is 17.3 Å². The van der Waals surface area contributed by atoms with Gasteiger partial charge in [0.15, 0.2) is 0 Å². The van der Waals surface area contributed by atoms with Crippen molar-refractivity contribution in [1.29, 1.82) is 0 Å². The average molecular weight is 484 g/mol. The SMILES string of the molecule is Cc1ccc(C23CC4CC(CC(C(=O)N5CCN(c6ccc(C(F)(F)F)cn6)CC5)(C4)C2)C3)cc1. The number of anilines is 1. The molecule has 1 amide bonds. The summed E-state index contributed by atoms with van der Waals surface area (Å²) in [5.74, 6) is 2.10. The van der Waals surface area contributed by atoms with Gasteiger partial charge in [0.2, 0.25) is 5.91 Å². The largest absolute Gasteiger partial charge is 0.417 e. The number of amides is 1. The molecule has 0 spiro atoms. The first-order valence-corrected chi connectivity index (χ1v) is 12.8. The van der Waals surface area contributed by atoms with E-state index in [9.17, 15) is 18.0 Å². The van der Waals surface area contributed by atoms with E-state index in [1.54, 1.807) is 0 Å². The Balaban J connectivity index is 1.17. The van der Waals surface area contributed by atoms with Crippen LogP contribution >= 0.6 is 0 Å². The number of aryl methyl sites for hydroxylation is 1. The maximum Gasteiger partial charge on any atom is 0.417 e. The van der Waals surface area contributed by atoms with E-state index in [4.69, 9.17) is 0 Å². The fourth-order valence-electron chi connectivity index (χ4n) is 7.97. The first-order valence-electron chi connectivity index (χ1n) is 12.8. The van der Waals surface area contributed by atoms with Gasteiger partial charge in [0.1, 0.15) is 5.82 Å². The lowest BCUT2D eigenvalue weighted by atomic mass is 9.42. The molecule has 4 saturated carbocycles. The second-order valence-electron chi connectivity index (χ2n) is 11.6. The Labute approximate surface area is 204 Å². The number of piperazine rings is 1. The number of benzene rings is 1. The van der Waals surface area contributed by atoms with Crippen LogP contribution in [-0.2, 0) is 16.4 Å². The third-order valence-electron chi connectivity index (χ3n) is 9.14. The molecule has 35 heavy (non-hydrogen) atoms. The van der Waals surface area contributed by atoms with Gasteiger partial charge in [0.25, 0.3) is 0 Å². The molecule has 1 aromatic carbocycles. The number of carbonyl (C=O) groups excluding carboxylic acids is 1. The van der Waals surface area contributed by atoms with Crippen LogP contribution in [0.15, 0.2) is 42.6 Å². The molecule has 0 radical (unpaired) electrons. The number of carbonyl (C=O) groups is 1. The average Bonchev–Trinajstić information content (AvgIpc) is 2.83. The van der Waals surface area contributed by atoms with Crippen LogP contribution in [0.3, 0.4) is 0 Å². The quantitative estimate of drug-likeness (QED) is 0.571. The monoisotopic (exact) mass is 483 g/mol. The highest BCUT2D eigenvalue weighted by atomic mass is 19.4. The first-order chi connectivity index (χ1) is 16.7. The summed E-state index contributed by atoms with van der Waals surface area (Å²) >= 11 is 0. The number of alkyl halides is 3. The van der Waals surface area contributed by atoms with Gasteiger partial charge in [-0.3, -0.25) is 4.79 Å². The molecule has 4 bridgehead atoms. The lowest BCUT2D eigenvalue weighted by molar-refractivity contribution is -0.160. The zero-order valence-corrected chi connectivity index (χ0v) is 20.2. The second-order valence-corrected chi connectivity index (χ2v) is 11.6. The van der Waals surface area contributed by atoms with Gasteiger partial charge < -0.3 is 9.80 Å². The summed E-state index contributed by atoms with van der Waals surface area (Å²) in [4.78, 5) is 22.1. The summed E-state index contributed by atoms with van der Waals surface area (Å²) in [6, 6.07) is 11.5. The lowest BCUT2D eigenvalue weighted by Gasteiger charge is -2.62. The molecule has 1 aromatic heterocycles. The molecule has 186 valence electrons. The highest BCUT2D eigenvalue weighted by molar-refractivity contribution is 5.84. The molecule has 4 aliphatic carbocycles. The number of pyridine rings is 1. The molecule has 2 unspecified atom stereocenters. The molecule has 5 aliphatic rings. The zero-order chi connectivity index (χ0) is 24.4. The van der Waals surface area contributed by atoms with Gasteiger partial charge in [-0.15, -0.1) is 0 Å². The van der Waals surface area contributed by atoms with Gasteiger partial charge in [-0.1, -0.05) is 29.8 Å². The summed E-state index contributed by atoms with van der Waals surface area (Å²) in [7, 11) is 0. The van der Waals surface area contributed by atoms with E-state index in [1.165, 1.54) is 36.5 Å². The highest BCUT2D eigenvalue weighted by Crippen LogP contribution is 2.66. The fraction of sp³-hybridized carbons (Fsp3) is 0.571. The number of aromatic nitrogens is 1. The number of nitrogens with zero attached hydrogens (tertiary/aromatic N) is 3. The van der Waals surface area contributed by atoms with Crippen LogP contribution in [0.4, 0.5) is 19.0 Å². The van der Waals surface area contributed by atoms with E-state index in [2.05, 4.69) is 36.2 Å². The summed E-state index contributed by atoms with van der Waals surface area (Å²) in [5.41, 5.74) is 1.81. The molecule has 2 atom stereocenters. The summed E-state index contributed by atoms with van der Waals surface area (Å²) in [5, 5.41) is 0. The van der Waals surface area contributed by atoms with Gasteiger partial charge >= 0.3 is 6.18 Å². The third kappa shape index (κ3) is 3.91.